The van der Waals surface area contributed by atoms with Gasteiger partial charge in [-0.1, -0.05) is 18.5 Å². The molecule has 0 saturated carbocycles. The van der Waals surface area contributed by atoms with E-state index in [4.69, 9.17) is 11.6 Å². The molecule has 2 aliphatic rings. The van der Waals surface area contributed by atoms with Gasteiger partial charge in [-0.3, -0.25) is 9.69 Å². The van der Waals surface area contributed by atoms with Gasteiger partial charge < -0.3 is 4.90 Å². The SMILES string of the molecule is CCCN1CCN(C(=O)c2ccc(Cl)cc2F)[C@@H]2CS(=O)(=O)C[C@@H]21. The first kappa shape index (κ1) is 17.6. The Morgan fingerprint density at radius 3 is 2.67 bits per heavy atom. The second kappa shape index (κ2) is 6.61. The first-order valence-electron chi connectivity index (χ1n) is 8.03. The van der Waals surface area contributed by atoms with Crippen LogP contribution in [0.2, 0.25) is 5.02 Å². The number of nitrogens with zero attached hydrogens (tertiary/aromatic N) is 2. The lowest BCUT2D eigenvalue weighted by atomic mass is 10.0. The summed E-state index contributed by atoms with van der Waals surface area (Å²) in [5, 5.41) is 0.220. The zero-order valence-corrected chi connectivity index (χ0v) is 15.0. The van der Waals surface area contributed by atoms with Crippen LogP contribution in [0.25, 0.3) is 0 Å². The molecule has 0 radical (unpaired) electrons. The van der Waals surface area contributed by atoms with Gasteiger partial charge in [0.2, 0.25) is 0 Å². The van der Waals surface area contributed by atoms with Gasteiger partial charge in [0.25, 0.3) is 5.91 Å². The molecule has 1 amide bonds. The van der Waals surface area contributed by atoms with E-state index in [1.54, 1.807) is 0 Å². The van der Waals surface area contributed by atoms with E-state index in [-0.39, 0.29) is 28.1 Å². The van der Waals surface area contributed by atoms with Crippen molar-refractivity contribution in [2.24, 2.45) is 0 Å². The molecule has 0 bridgehead atoms. The Hall–Kier alpha value is -1.18. The fourth-order valence-corrected chi connectivity index (χ4v) is 5.83. The van der Waals surface area contributed by atoms with Crippen LogP contribution >= 0.6 is 11.6 Å². The number of piperazine rings is 1. The van der Waals surface area contributed by atoms with Gasteiger partial charge in [0, 0.05) is 24.2 Å². The monoisotopic (exact) mass is 374 g/mol. The zero-order valence-electron chi connectivity index (χ0n) is 13.4. The maximum atomic E-state index is 14.1. The lowest BCUT2D eigenvalue weighted by molar-refractivity contribution is 0.0329. The van der Waals surface area contributed by atoms with E-state index in [1.165, 1.54) is 17.0 Å². The van der Waals surface area contributed by atoms with E-state index in [0.717, 1.165) is 19.0 Å². The normalized spacial score (nSPS) is 26.4. The fourth-order valence-electron chi connectivity index (χ4n) is 3.66. The summed E-state index contributed by atoms with van der Waals surface area (Å²) >= 11 is 5.74. The van der Waals surface area contributed by atoms with Crippen molar-refractivity contribution in [3.05, 3.63) is 34.6 Å². The molecule has 2 atom stereocenters. The molecule has 1 aromatic carbocycles. The molecule has 24 heavy (non-hydrogen) atoms. The van der Waals surface area contributed by atoms with Crippen molar-refractivity contribution < 1.29 is 17.6 Å². The van der Waals surface area contributed by atoms with Crippen molar-refractivity contribution in [1.29, 1.82) is 0 Å². The Bertz CT molecular complexity index is 756. The van der Waals surface area contributed by atoms with Crippen LogP contribution in [0.3, 0.4) is 0 Å². The fraction of sp³-hybridized carbons (Fsp3) is 0.562. The molecule has 0 N–H and O–H groups in total. The van der Waals surface area contributed by atoms with E-state index >= 15 is 0 Å². The summed E-state index contributed by atoms with van der Waals surface area (Å²) in [4.78, 5) is 16.4. The van der Waals surface area contributed by atoms with Crippen LogP contribution in [0.1, 0.15) is 23.7 Å². The Kier molecular flexibility index (Phi) is 4.86. The summed E-state index contributed by atoms with van der Waals surface area (Å²) in [6, 6.07) is 3.30. The largest absolute Gasteiger partial charge is 0.332 e. The smallest absolute Gasteiger partial charge is 0.257 e. The number of carbonyl (C=O) groups is 1. The van der Waals surface area contributed by atoms with Gasteiger partial charge in [-0.15, -0.1) is 0 Å². The molecular formula is C16H20ClFN2O3S. The highest BCUT2D eigenvalue weighted by atomic mass is 35.5. The molecule has 2 heterocycles. The van der Waals surface area contributed by atoms with Gasteiger partial charge in [0.05, 0.1) is 23.1 Å². The summed E-state index contributed by atoms with van der Waals surface area (Å²) in [5.41, 5.74) is -0.0635. The van der Waals surface area contributed by atoms with E-state index in [1.807, 2.05) is 6.92 Å². The summed E-state index contributed by atoms with van der Waals surface area (Å²) in [6.07, 6.45) is 0.920. The Morgan fingerprint density at radius 2 is 2.00 bits per heavy atom. The third-order valence-corrected chi connectivity index (χ3v) is 6.66. The van der Waals surface area contributed by atoms with Crippen LogP contribution in [0, 0.1) is 5.82 Å². The minimum absolute atomic E-state index is 0.0567. The number of benzene rings is 1. The number of amides is 1. The zero-order chi connectivity index (χ0) is 17.5. The standard InChI is InChI=1S/C16H20ClFN2O3S/c1-2-5-19-6-7-20(15-10-24(22,23)9-14(15)19)16(21)12-4-3-11(17)8-13(12)18/h3-4,8,14-15H,2,5-7,9-10H2,1H3/t14-,15+/m0/s1. The predicted octanol–water partition coefficient (Wildman–Crippen LogP) is 1.81. The molecule has 132 valence electrons. The van der Waals surface area contributed by atoms with Crippen molar-refractivity contribution in [1.82, 2.24) is 9.80 Å². The average molecular weight is 375 g/mol. The van der Waals surface area contributed by atoms with Crippen molar-refractivity contribution in [3.63, 3.8) is 0 Å². The topological polar surface area (TPSA) is 57.7 Å². The van der Waals surface area contributed by atoms with Crippen molar-refractivity contribution in [2.75, 3.05) is 31.1 Å². The van der Waals surface area contributed by atoms with Crippen LogP contribution in [0.5, 0.6) is 0 Å². The molecule has 3 rings (SSSR count). The molecule has 2 fully saturated rings. The van der Waals surface area contributed by atoms with Crippen molar-refractivity contribution in [2.45, 2.75) is 25.4 Å². The van der Waals surface area contributed by atoms with Gasteiger partial charge in [0.1, 0.15) is 5.82 Å². The number of halogens is 2. The quantitative estimate of drug-likeness (QED) is 0.809. The van der Waals surface area contributed by atoms with Crippen LogP contribution in [0.15, 0.2) is 18.2 Å². The molecule has 0 spiro atoms. The van der Waals surface area contributed by atoms with Gasteiger partial charge in [0.15, 0.2) is 9.84 Å². The molecule has 0 unspecified atom stereocenters. The maximum absolute atomic E-state index is 14.1. The third kappa shape index (κ3) is 3.30. The minimum Gasteiger partial charge on any atom is -0.332 e. The van der Waals surface area contributed by atoms with Crippen LogP contribution in [0.4, 0.5) is 4.39 Å². The van der Waals surface area contributed by atoms with Crippen molar-refractivity contribution >= 4 is 27.3 Å². The summed E-state index contributed by atoms with van der Waals surface area (Å²) in [6.45, 7) is 3.84. The van der Waals surface area contributed by atoms with Crippen LogP contribution in [-0.2, 0) is 9.84 Å². The molecule has 5 nitrogen and oxygen atoms in total. The van der Waals surface area contributed by atoms with Gasteiger partial charge in [-0.25, -0.2) is 12.8 Å². The summed E-state index contributed by atoms with van der Waals surface area (Å²) in [5.74, 6) is -1.14. The van der Waals surface area contributed by atoms with E-state index in [2.05, 4.69) is 4.90 Å². The summed E-state index contributed by atoms with van der Waals surface area (Å²) in [7, 11) is -3.20. The Labute approximate surface area is 146 Å². The number of fused-ring (bicyclic) bond motifs is 1. The van der Waals surface area contributed by atoms with Gasteiger partial charge in [-0.05, 0) is 31.2 Å². The first-order chi connectivity index (χ1) is 11.3. The highest BCUT2D eigenvalue weighted by Gasteiger charge is 2.48. The molecule has 1 aromatic rings. The summed E-state index contributed by atoms with van der Waals surface area (Å²) < 4.78 is 38.3. The number of hydrogen-bond donors (Lipinski definition) is 0. The van der Waals surface area contributed by atoms with Gasteiger partial charge in [-0.2, -0.15) is 0 Å². The minimum atomic E-state index is -3.20. The Balaban J connectivity index is 1.89. The van der Waals surface area contributed by atoms with E-state index in [0.29, 0.717) is 13.1 Å². The number of sulfone groups is 1. The molecule has 2 aliphatic heterocycles. The number of carbonyl (C=O) groups excluding carboxylic acids is 1. The van der Waals surface area contributed by atoms with Gasteiger partial charge >= 0.3 is 0 Å². The second-order valence-corrected chi connectivity index (χ2v) is 8.96. The number of hydrogen-bond acceptors (Lipinski definition) is 4. The molecule has 0 aliphatic carbocycles. The highest BCUT2D eigenvalue weighted by molar-refractivity contribution is 7.91. The molecular weight excluding hydrogens is 355 g/mol. The van der Waals surface area contributed by atoms with Crippen molar-refractivity contribution in [3.8, 4) is 0 Å². The molecule has 2 saturated heterocycles. The van der Waals surface area contributed by atoms with E-state index < -0.39 is 27.6 Å². The van der Waals surface area contributed by atoms with E-state index in [9.17, 15) is 17.6 Å². The molecule has 8 heteroatoms. The number of rotatable bonds is 3. The first-order valence-corrected chi connectivity index (χ1v) is 10.2. The average Bonchev–Trinajstić information content (AvgIpc) is 2.82. The lowest BCUT2D eigenvalue weighted by Crippen LogP contribution is -2.60. The third-order valence-electron chi connectivity index (χ3n) is 4.72. The Morgan fingerprint density at radius 1 is 1.29 bits per heavy atom. The molecule has 0 aromatic heterocycles. The van der Waals surface area contributed by atoms with Crippen LogP contribution in [-0.4, -0.2) is 67.3 Å². The second-order valence-electron chi connectivity index (χ2n) is 6.37. The predicted molar refractivity (Wildman–Crippen MR) is 90.5 cm³/mol. The highest BCUT2D eigenvalue weighted by Crippen LogP contribution is 2.29. The lowest BCUT2D eigenvalue weighted by Gasteiger charge is -2.43. The maximum Gasteiger partial charge on any atom is 0.257 e. The van der Waals surface area contributed by atoms with Crippen LogP contribution < -0.4 is 0 Å².